The van der Waals surface area contributed by atoms with Crippen molar-refractivity contribution >= 4 is 0 Å². The van der Waals surface area contributed by atoms with Crippen LogP contribution in [0.2, 0.25) is 0 Å². The van der Waals surface area contributed by atoms with E-state index in [0.29, 0.717) is 0 Å². The summed E-state index contributed by atoms with van der Waals surface area (Å²) in [7, 11) is 4.78. The van der Waals surface area contributed by atoms with Crippen LogP contribution in [0.5, 0.6) is 0 Å². The lowest BCUT2D eigenvalue weighted by atomic mass is 9.75. The molecule has 0 radical (unpaired) electrons. The van der Waals surface area contributed by atoms with Gasteiger partial charge in [-0.05, 0) is 38.8 Å². The van der Waals surface area contributed by atoms with Gasteiger partial charge in [0.25, 0.3) is 0 Å². The molecule has 0 bridgehead atoms. The van der Waals surface area contributed by atoms with E-state index in [0.717, 1.165) is 17.9 Å². The summed E-state index contributed by atoms with van der Waals surface area (Å²) < 4.78 is 0. The zero-order valence-electron chi connectivity index (χ0n) is 26.6. The quantitative estimate of drug-likeness (QED) is 0.0909. The van der Waals surface area contributed by atoms with Crippen molar-refractivity contribution in [3.63, 3.8) is 0 Å². The Hall–Kier alpha value is -0.0400. The third-order valence-electron chi connectivity index (χ3n) is 8.86. The van der Waals surface area contributed by atoms with Crippen LogP contribution in [0.4, 0.5) is 0 Å². The molecule has 0 aromatic carbocycles. The van der Waals surface area contributed by atoms with Gasteiger partial charge in [0.05, 0.1) is 0 Å². The standard InChI is InChI=1S/C35H73N/c1-7-11-15-18-21-23-27-30-33(29-26-22-19-16-12-8-2)34(31-28-24-20-17-13-9-3)35(36(5)6)32-25-14-10-4/h33-35H,7-32H2,1-6H3. The fourth-order valence-corrected chi connectivity index (χ4v) is 6.48. The highest BCUT2D eigenvalue weighted by atomic mass is 15.1. The van der Waals surface area contributed by atoms with Gasteiger partial charge < -0.3 is 4.90 Å². The summed E-state index contributed by atoms with van der Waals surface area (Å²) in [6.07, 6.45) is 37.6. The zero-order valence-corrected chi connectivity index (χ0v) is 26.6. The molecule has 0 saturated carbocycles. The molecule has 0 N–H and O–H groups in total. The Labute approximate surface area is 231 Å². The molecule has 36 heavy (non-hydrogen) atoms. The molecule has 0 aliphatic carbocycles. The van der Waals surface area contributed by atoms with Crippen molar-refractivity contribution in [3.8, 4) is 0 Å². The minimum atomic E-state index is 0.793. The zero-order chi connectivity index (χ0) is 26.7. The van der Waals surface area contributed by atoms with Crippen LogP contribution >= 0.6 is 0 Å². The van der Waals surface area contributed by atoms with Crippen molar-refractivity contribution in [3.05, 3.63) is 0 Å². The number of hydrogen-bond acceptors (Lipinski definition) is 1. The van der Waals surface area contributed by atoms with Gasteiger partial charge in [0.1, 0.15) is 0 Å². The fraction of sp³-hybridized carbons (Fsp3) is 1.00. The highest BCUT2D eigenvalue weighted by Gasteiger charge is 2.29. The molecule has 3 unspecified atom stereocenters. The Bertz CT molecular complexity index is 403. The van der Waals surface area contributed by atoms with E-state index in [9.17, 15) is 0 Å². The van der Waals surface area contributed by atoms with E-state index >= 15 is 0 Å². The van der Waals surface area contributed by atoms with Crippen LogP contribution in [-0.4, -0.2) is 25.0 Å². The first-order chi connectivity index (χ1) is 17.6. The van der Waals surface area contributed by atoms with Gasteiger partial charge in [-0.3, -0.25) is 0 Å². The lowest BCUT2D eigenvalue weighted by Crippen LogP contribution is -2.39. The first kappa shape index (κ1) is 36.0. The monoisotopic (exact) mass is 508 g/mol. The summed E-state index contributed by atoms with van der Waals surface area (Å²) in [5, 5.41) is 0. The van der Waals surface area contributed by atoms with Gasteiger partial charge in [-0.2, -0.15) is 0 Å². The maximum absolute atomic E-state index is 2.64. The van der Waals surface area contributed by atoms with Crippen LogP contribution < -0.4 is 0 Å². The second-order valence-electron chi connectivity index (χ2n) is 12.5. The van der Waals surface area contributed by atoms with Crippen LogP contribution in [0.15, 0.2) is 0 Å². The summed E-state index contributed by atoms with van der Waals surface area (Å²) in [5.41, 5.74) is 0. The summed E-state index contributed by atoms with van der Waals surface area (Å²) in [6.45, 7) is 9.37. The van der Waals surface area contributed by atoms with Crippen LogP contribution in [0.25, 0.3) is 0 Å². The van der Waals surface area contributed by atoms with Gasteiger partial charge in [0, 0.05) is 6.04 Å². The van der Waals surface area contributed by atoms with Gasteiger partial charge in [0.15, 0.2) is 0 Å². The molecule has 0 rings (SSSR count). The van der Waals surface area contributed by atoms with Crippen molar-refractivity contribution in [2.24, 2.45) is 11.8 Å². The Morgan fingerprint density at radius 1 is 0.361 bits per heavy atom. The highest BCUT2D eigenvalue weighted by Crippen LogP contribution is 2.35. The molecule has 0 fully saturated rings. The Morgan fingerprint density at radius 3 is 1.06 bits per heavy atom. The average Bonchev–Trinajstić information content (AvgIpc) is 2.87. The number of hydrogen-bond donors (Lipinski definition) is 0. The minimum Gasteiger partial charge on any atom is -0.306 e. The van der Waals surface area contributed by atoms with E-state index in [4.69, 9.17) is 0 Å². The molecule has 218 valence electrons. The molecule has 0 spiro atoms. The lowest BCUT2D eigenvalue weighted by molar-refractivity contribution is 0.117. The summed E-state index contributed by atoms with van der Waals surface area (Å²) in [5.74, 6) is 1.87. The molecule has 0 aromatic rings. The third-order valence-corrected chi connectivity index (χ3v) is 8.86. The van der Waals surface area contributed by atoms with Gasteiger partial charge in [-0.1, -0.05) is 182 Å². The molecule has 0 heterocycles. The molecule has 0 aromatic heterocycles. The van der Waals surface area contributed by atoms with Crippen LogP contribution in [0, 0.1) is 11.8 Å². The second kappa shape index (κ2) is 28.0. The van der Waals surface area contributed by atoms with Gasteiger partial charge in [-0.15, -0.1) is 0 Å². The lowest BCUT2D eigenvalue weighted by Gasteiger charge is -2.38. The maximum Gasteiger partial charge on any atom is 0.0120 e. The molecule has 0 aliphatic heterocycles. The van der Waals surface area contributed by atoms with Crippen molar-refractivity contribution in [1.82, 2.24) is 4.90 Å². The van der Waals surface area contributed by atoms with E-state index in [1.807, 2.05) is 0 Å². The van der Waals surface area contributed by atoms with Crippen molar-refractivity contribution in [1.29, 1.82) is 0 Å². The molecule has 3 atom stereocenters. The van der Waals surface area contributed by atoms with Crippen molar-refractivity contribution in [2.45, 2.75) is 201 Å². The predicted molar refractivity (Wildman–Crippen MR) is 167 cm³/mol. The van der Waals surface area contributed by atoms with Crippen molar-refractivity contribution < 1.29 is 0 Å². The number of unbranched alkanes of at least 4 members (excludes halogenated alkanes) is 18. The van der Waals surface area contributed by atoms with Crippen LogP contribution in [-0.2, 0) is 0 Å². The molecule has 0 saturated heterocycles. The third kappa shape index (κ3) is 21.0. The van der Waals surface area contributed by atoms with E-state index in [2.05, 4.69) is 46.7 Å². The fourth-order valence-electron chi connectivity index (χ4n) is 6.48. The van der Waals surface area contributed by atoms with Crippen LogP contribution in [0.3, 0.4) is 0 Å². The number of nitrogens with zero attached hydrogens (tertiary/aromatic N) is 1. The van der Waals surface area contributed by atoms with E-state index in [-0.39, 0.29) is 0 Å². The number of rotatable bonds is 29. The SMILES string of the molecule is CCCCCCCCCC(CCCCCCCC)C(CCCCCCCC)C(CCCCC)N(C)C. The smallest absolute Gasteiger partial charge is 0.0120 e. The normalized spacial score (nSPS) is 14.4. The van der Waals surface area contributed by atoms with Crippen LogP contribution in [0.1, 0.15) is 195 Å². The maximum atomic E-state index is 2.64. The van der Waals surface area contributed by atoms with Gasteiger partial charge in [-0.25, -0.2) is 0 Å². The predicted octanol–water partition coefficient (Wildman–Crippen LogP) is 12.4. The largest absolute Gasteiger partial charge is 0.306 e. The summed E-state index contributed by atoms with van der Waals surface area (Å²) in [4.78, 5) is 2.64. The van der Waals surface area contributed by atoms with Gasteiger partial charge >= 0.3 is 0 Å². The Kier molecular flexibility index (Phi) is 27.9. The molecule has 0 aliphatic rings. The topological polar surface area (TPSA) is 3.24 Å². The highest BCUT2D eigenvalue weighted by molar-refractivity contribution is 4.83. The molecule has 1 nitrogen and oxygen atoms in total. The minimum absolute atomic E-state index is 0.793. The van der Waals surface area contributed by atoms with E-state index in [1.54, 1.807) is 0 Å². The molecule has 0 amide bonds. The first-order valence-corrected chi connectivity index (χ1v) is 17.3. The Balaban J connectivity index is 5.14. The molecule has 1 heteroatoms. The molecular formula is C35H73N. The average molecular weight is 508 g/mol. The summed E-state index contributed by atoms with van der Waals surface area (Å²) >= 11 is 0. The first-order valence-electron chi connectivity index (χ1n) is 17.3. The Morgan fingerprint density at radius 2 is 0.667 bits per heavy atom. The van der Waals surface area contributed by atoms with Crippen molar-refractivity contribution in [2.75, 3.05) is 14.1 Å². The van der Waals surface area contributed by atoms with Gasteiger partial charge in [0.2, 0.25) is 0 Å². The van der Waals surface area contributed by atoms with E-state index in [1.165, 1.54) is 167 Å². The molecular weight excluding hydrogens is 434 g/mol. The summed E-state index contributed by atoms with van der Waals surface area (Å²) in [6, 6.07) is 0.793. The second-order valence-corrected chi connectivity index (χ2v) is 12.5. The van der Waals surface area contributed by atoms with E-state index < -0.39 is 0 Å².